The van der Waals surface area contributed by atoms with Crippen LogP contribution < -0.4 is 4.18 Å². The van der Waals surface area contributed by atoms with Crippen LogP contribution in [0.4, 0.5) is 5.69 Å². The molecule has 0 amide bonds. The van der Waals surface area contributed by atoms with E-state index < -0.39 is 20.7 Å². The van der Waals surface area contributed by atoms with Gasteiger partial charge in [-0.25, -0.2) is 0 Å². The molecule has 1 rings (SSSR count). The Bertz CT molecular complexity index is 540. The van der Waals surface area contributed by atoms with E-state index in [4.69, 9.17) is 11.6 Å². The van der Waals surface area contributed by atoms with Gasteiger partial charge in [0.1, 0.15) is 0 Å². The normalized spacial score (nSPS) is 11.2. The second kappa shape index (κ2) is 4.26. The lowest BCUT2D eigenvalue weighted by Crippen LogP contribution is -2.07. The molecule has 0 saturated carbocycles. The SMILES string of the molecule is Cc1cc(OS(C)(=O)=O)c([N+](=O)[O-])cc1Cl. The van der Waals surface area contributed by atoms with Crippen LogP contribution in [0.3, 0.4) is 0 Å². The Morgan fingerprint density at radius 3 is 2.44 bits per heavy atom. The summed E-state index contributed by atoms with van der Waals surface area (Å²) in [5.41, 5.74) is 0.00643. The van der Waals surface area contributed by atoms with Crippen molar-refractivity contribution in [1.82, 2.24) is 0 Å². The predicted molar refractivity (Wildman–Crippen MR) is 58.3 cm³/mol. The second-order valence-corrected chi connectivity index (χ2v) is 5.10. The highest BCUT2D eigenvalue weighted by Gasteiger charge is 2.20. The van der Waals surface area contributed by atoms with Gasteiger partial charge in [-0.1, -0.05) is 11.6 Å². The summed E-state index contributed by atoms with van der Waals surface area (Å²) in [5, 5.41) is 10.8. The molecule has 0 aliphatic heterocycles. The molecule has 6 nitrogen and oxygen atoms in total. The van der Waals surface area contributed by atoms with E-state index in [0.29, 0.717) is 5.56 Å². The highest BCUT2D eigenvalue weighted by Crippen LogP contribution is 2.33. The third kappa shape index (κ3) is 3.07. The van der Waals surface area contributed by atoms with E-state index in [9.17, 15) is 18.5 Å². The van der Waals surface area contributed by atoms with E-state index in [1.54, 1.807) is 6.92 Å². The first-order valence-electron chi connectivity index (χ1n) is 4.04. The van der Waals surface area contributed by atoms with Crippen molar-refractivity contribution in [2.24, 2.45) is 0 Å². The van der Waals surface area contributed by atoms with E-state index in [1.165, 1.54) is 6.07 Å². The van der Waals surface area contributed by atoms with Crippen molar-refractivity contribution < 1.29 is 17.5 Å². The lowest BCUT2D eigenvalue weighted by molar-refractivity contribution is -0.385. The highest BCUT2D eigenvalue weighted by molar-refractivity contribution is 7.86. The van der Waals surface area contributed by atoms with Gasteiger partial charge in [-0.15, -0.1) is 0 Å². The van der Waals surface area contributed by atoms with Gasteiger partial charge in [-0.05, 0) is 18.6 Å². The molecule has 88 valence electrons. The Labute approximate surface area is 97.1 Å². The van der Waals surface area contributed by atoms with Crippen LogP contribution in [0, 0.1) is 17.0 Å². The Morgan fingerprint density at radius 2 is 2.00 bits per heavy atom. The number of hydrogen-bond donors (Lipinski definition) is 0. The summed E-state index contributed by atoms with van der Waals surface area (Å²) in [5.74, 6) is -0.339. The monoisotopic (exact) mass is 265 g/mol. The van der Waals surface area contributed by atoms with E-state index in [1.807, 2.05) is 0 Å². The van der Waals surface area contributed by atoms with Crippen LogP contribution in [0.15, 0.2) is 12.1 Å². The van der Waals surface area contributed by atoms with Gasteiger partial charge >= 0.3 is 15.8 Å². The van der Waals surface area contributed by atoms with Gasteiger partial charge in [0.15, 0.2) is 0 Å². The largest absolute Gasteiger partial charge is 0.375 e. The summed E-state index contributed by atoms with van der Waals surface area (Å²) in [6.07, 6.45) is 0.806. The van der Waals surface area contributed by atoms with Crippen molar-refractivity contribution in [2.45, 2.75) is 6.92 Å². The maximum atomic E-state index is 10.9. The lowest BCUT2D eigenvalue weighted by atomic mass is 10.2. The first-order valence-corrected chi connectivity index (χ1v) is 6.24. The molecule has 0 fully saturated rings. The molecule has 1 aromatic rings. The molecule has 0 aromatic heterocycles. The summed E-state index contributed by atoms with van der Waals surface area (Å²) in [6, 6.07) is 2.26. The van der Waals surface area contributed by atoms with Gasteiger partial charge in [0.25, 0.3) is 0 Å². The number of nitro benzene ring substituents is 1. The summed E-state index contributed by atoms with van der Waals surface area (Å²) < 4.78 is 26.3. The topological polar surface area (TPSA) is 86.5 Å². The molecule has 0 bridgehead atoms. The Hall–Kier alpha value is -1.34. The Kier molecular flexibility index (Phi) is 3.39. The summed E-state index contributed by atoms with van der Waals surface area (Å²) >= 11 is 5.69. The molecule has 0 heterocycles. The van der Waals surface area contributed by atoms with E-state index in [-0.39, 0.29) is 10.8 Å². The minimum atomic E-state index is -3.81. The standard InChI is InChI=1S/C8H8ClNO5S/c1-5-3-8(15-16(2,13)14)7(10(11)12)4-6(5)9/h3-4H,1-2H3. The van der Waals surface area contributed by atoms with Crippen molar-refractivity contribution in [3.8, 4) is 5.75 Å². The maximum absolute atomic E-state index is 10.9. The Morgan fingerprint density at radius 1 is 1.44 bits per heavy atom. The van der Waals surface area contributed by atoms with Crippen LogP contribution in [0.25, 0.3) is 0 Å². The molecule has 0 saturated heterocycles. The van der Waals surface area contributed by atoms with Crippen LogP contribution >= 0.6 is 11.6 Å². The molecular weight excluding hydrogens is 258 g/mol. The van der Waals surface area contributed by atoms with Crippen molar-refractivity contribution in [2.75, 3.05) is 6.26 Å². The van der Waals surface area contributed by atoms with Crippen LogP contribution in [-0.2, 0) is 10.1 Å². The van der Waals surface area contributed by atoms with Crippen LogP contribution in [-0.4, -0.2) is 19.6 Å². The number of benzene rings is 1. The van der Waals surface area contributed by atoms with Gasteiger partial charge < -0.3 is 4.18 Å². The number of rotatable bonds is 3. The molecule has 0 spiro atoms. The fourth-order valence-corrected chi connectivity index (χ4v) is 1.63. The summed E-state index contributed by atoms with van der Waals surface area (Å²) in [6.45, 7) is 1.58. The minimum Gasteiger partial charge on any atom is -0.375 e. The summed E-state index contributed by atoms with van der Waals surface area (Å²) in [7, 11) is -3.81. The number of nitro groups is 1. The minimum absolute atomic E-state index is 0.174. The van der Waals surface area contributed by atoms with Gasteiger partial charge in [0, 0.05) is 6.07 Å². The van der Waals surface area contributed by atoms with Crippen LogP contribution in [0.1, 0.15) is 5.56 Å². The average molecular weight is 266 g/mol. The molecular formula is C8H8ClNO5S. The molecule has 0 radical (unpaired) electrons. The molecule has 1 aromatic carbocycles. The smallest absolute Gasteiger partial charge is 0.314 e. The first kappa shape index (κ1) is 12.7. The van der Waals surface area contributed by atoms with E-state index in [2.05, 4.69) is 4.18 Å². The number of aryl methyl sites for hydroxylation is 1. The Balaban J connectivity index is 3.36. The van der Waals surface area contributed by atoms with Crippen molar-refractivity contribution in [3.05, 3.63) is 32.8 Å². The van der Waals surface area contributed by atoms with Crippen molar-refractivity contribution in [3.63, 3.8) is 0 Å². The maximum Gasteiger partial charge on any atom is 0.314 e. The van der Waals surface area contributed by atoms with Crippen LogP contribution in [0.5, 0.6) is 5.75 Å². The molecule has 0 N–H and O–H groups in total. The molecule has 0 aliphatic rings. The number of hydrogen-bond acceptors (Lipinski definition) is 5. The predicted octanol–water partition coefficient (Wildman–Crippen LogP) is 1.90. The van der Waals surface area contributed by atoms with Crippen LogP contribution in [0.2, 0.25) is 5.02 Å². The molecule has 0 atom stereocenters. The number of nitrogens with zero attached hydrogens (tertiary/aromatic N) is 1. The second-order valence-electron chi connectivity index (χ2n) is 3.11. The average Bonchev–Trinajstić information content (AvgIpc) is 2.07. The molecule has 16 heavy (non-hydrogen) atoms. The fourth-order valence-electron chi connectivity index (χ4n) is 1.02. The van der Waals surface area contributed by atoms with Crippen molar-refractivity contribution >= 4 is 27.4 Å². The third-order valence-electron chi connectivity index (χ3n) is 1.68. The lowest BCUT2D eigenvalue weighted by Gasteiger charge is -2.05. The van der Waals surface area contributed by atoms with Gasteiger partial charge in [-0.3, -0.25) is 10.1 Å². The molecule has 8 heteroatoms. The van der Waals surface area contributed by atoms with Gasteiger partial charge in [-0.2, -0.15) is 8.42 Å². The zero-order valence-corrected chi connectivity index (χ0v) is 10.0. The third-order valence-corrected chi connectivity index (χ3v) is 2.57. The molecule has 0 aliphatic carbocycles. The molecule has 0 unspecified atom stereocenters. The van der Waals surface area contributed by atoms with Gasteiger partial charge in [0.05, 0.1) is 16.2 Å². The summed E-state index contributed by atoms with van der Waals surface area (Å²) in [4.78, 5) is 9.89. The zero-order valence-electron chi connectivity index (χ0n) is 8.43. The van der Waals surface area contributed by atoms with Gasteiger partial charge in [0.2, 0.25) is 5.75 Å². The van der Waals surface area contributed by atoms with E-state index in [0.717, 1.165) is 12.3 Å². The van der Waals surface area contributed by atoms with E-state index >= 15 is 0 Å². The fraction of sp³-hybridized carbons (Fsp3) is 0.250. The number of halogens is 1. The zero-order chi connectivity index (χ0) is 12.5. The quantitative estimate of drug-likeness (QED) is 0.473. The highest BCUT2D eigenvalue weighted by atomic mass is 35.5. The first-order chi connectivity index (χ1) is 7.20. The van der Waals surface area contributed by atoms with Crippen molar-refractivity contribution in [1.29, 1.82) is 0 Å².